The van der Waals surface area contributed by atoms with Crippen LogP contribution in [-0.4, -0.2) is 36.5 Å². The van der Waals surface area contributed by atoms with E-state index in [1.165, 1.54) is 6.26 Å². The number of sulfone groups is 1. The molecule has 0 saturated heterocycles. The average molecular weight is 259 g/mol. The van der Waals surface area contributed by atoms with Crippen molar-refractivity contribution in [1.82, 2.24) is 14.9 Å². The number of imidazole rings is 1. The van der Waals surface area contributed by atoms with Crippen LogP contribution in [0.3, 0.4) is 0 Å². The molecule has 0 saturated carbocycles. The van der Waals surface area contributed by atoms with Gasteiger partial charge in [-0.15, -0.1) is 0 Å². The Morgan fingerprint density at radius 3 is 2.71 bits per heavy atom. The molecule has 1 N–H and O–H groups in total. The molecule has 1 aromatic heterocycles. The van der Waals surface area contributed by atoms with Gasteiger partial charge in [0.15, 0.2) is 0 Å². The maximum absolute atomic E-state index is 11.4. The highest BCUT2D eigenvalue weighted by Gasteiger charge is 2.20. The van der Waals surface area contributed by atoms with E-state index in [2.05, 4.69) is 17.2 Å². The fourth-order valence-electron chi connectivity index (χ4n) is 1.74. The number of aromatic nitrogens is 2. The van der Waals surface area contributed by atoms with E-state index in [-0.39, 0.29) is 11.8 Å². The molecule has 6 heteroatoms. The van der Waals surface area contributed by atoms with Crippen LogP contribution < -0.4 is 5.32 Å². The summed E-state index contributed by atoms with van der Waals surface area (Å²) in [5.74, 6) is 0.885. The lowest BCUT2D eigenvalue weighted by Gasteiger charge is -2.18. The predicted molar refractivity (Wildman–Crippen MR) is 68.6 cm³/mol. The van der Waals surface area contributed by atoms with E-state index in [0.717, 1.165) is 25.3 Å². The second-order valence-electron chi connectivity index (χ2n) is 4.17. The molecule has 0 aliphatic carbocycles. The molecule has 98 valence electrons. The first-order valence-electron chi connectivity index (χ1n) is 5.90. The van der Waals surface area contributed by atoms with Gasteiger partial charge in [-0.1, -0.05) is 6.92 Å². The molecule has 0 aliphatic heterocycles. The number of rotatable bonds is 7. The first kappa shape index (κ1) is 14.2. The highest BCUT2D eigenvalue weighted by Crippen LogP contribution is 2.13. The molecule has 0 amide bonds. The lowest BCUT2D eigenvalue weighted by molar-refractivity contribution is 0.509. The Kier molecular flexibility index (Phi) is 5.14. The molecule has 1 heterocycles. The van der Waals surface area contributed by atoms with Gasteiger partial charge in [0.05, 0.1) is 11.8 Å². The third-order valence-electron chi connectivity index (χ3n) is 2.51. The summed E-state index contributed by atoms with van der Waals surface area (Å²) in [5.41, 5.74) is 0. The van der Waals surface area contributed by atoms with Crippen LogP contribution in [0.1, 0.15) is 32.1 Å². The summed E-state index contributed by atoms with van der Waals surface area (Å²) < 4.78 is 24.8. The second-order valence-corrected chi connectivity index (χ2v) is 6.36. The summed E-state index contributed by atoms with van der Waals surface area (Å²) in [7, 11) is -3.02. The normalized spacial score (nSPS) is 13.8. The number of nitrogens with zero attached hydrogens (tertiary/aromatic N) is 2. The van der Waals surface area contributed by atoms with Crippen LogP contribution >= 0.6 is 0 Å². The van der Waals surface area contributed by atoms with Gasteiger partial charge >= 0.3 is 0 Å². The number of hydrogen-bond acceptors (Lipinski definition) is 4. The fourth-order valence-corrected chi connectivity index (χ4v) is 2.62. The first-order chi connectivity index (χ1) is 7.98. The van der Waals surface area contributed by atoms with Gasteiger partial charge in [0.2, 0.25) is 0 Å². The minimum atomic E-state index is -3.02. The maximum atomic E-state index is 11.4. The highest BCUT2D eigenvalue weighted by molar-refractivity contribution is 7.90. The summed E-state index contributed by atoms with van der Waals surface area (Å²) >= 11 is 0. The summed E-state index contributed by atoms with van der Waals surface area (Å²) in [6, 6.07) is -0.222. The Morgan fingerprint density at radius 1 is 1.47 bits per heavy atom. The van der Waals surface area contributed by atoms with Crippen molar-refractivity contribution in [2.45, 2.75) is 32.9 Å². The van der Waals surface area contributed by atoms with Crippen LogP contribution in [0.4, 0.5) is 0 Å². The van der Waals surface area contributed by atoms with Crippen LogP contribution in [0.5, 0.6) is 0 Å². The Labute approximate surface area is 103 Å². The maximum Gasteiger partial charge on any atom is 0.149 e. The van der Waals surface area contributed by atoms with Crippen LogP contribution in [0.25, 0.3) is 0 Å². The molecule has 1 rings (SSSR count). The van der Waals surface area contributed by atoms with E-state index in [4.69, 9.17) is 0 Å². The number of hydrogen-bond donors (Lipinski definition) is 1. The van der Waals surface area contributed by atoms with Crippen molar-refractivity contribution in [1.29, 1.82) is 0 Å². The van der Waals surface area contributed by atoms with Crippen LogP contribution in [0.2, 0.25) is 0 Å². The summed E-state index contributed by atoms with van der Waals surface area (Å²) in [5, 5.41) is 3.24. The Morgan fingerprint density at radius 2 is 2.18 bits per heavy atom. The van der Waals surface area contributed by atoms with Crippen molar-refractivity contribution in [3.8, 4) is 0 Å². The molecule has 0 spiro atoms. The molecule has 1 unspecified atom stereocenters. The van der Waals surface area contributed by atoms with E-state index < -0.39 is 9.84 Å². The molecule has 0 radical (unpaired) electrons. The van der Waals surface area contributed by atoms with Crippen molar-refractivity contribution < 1.29 is 8.42 Å². The largest absolute Gasteiger partial charge is 0.334 e. The SMILES string of the molecule is CCCNC(CS(C)(=O)=O)c1nccn1CC. The van der Waals surface area contributed by atoms with Crippen LogP contribution in [0, 0.1) is 0 Å². The summed E-state index contributed by atoms with van der Waals surface area (Å²) in [6.45, 7) is 5.65. The van der Waals surface area contributed by atoms with E-state index >= 15 is 0 Å². The molecule has 0 aromatic carbocycles. The molecule has 0 aliphatic rings. The van der Waals surface area contributed by atoms with E-state index in [0.29, 0.717) is 0 Å². The minimum Gasteiger partial charge on any atom is -0.334 e. The zero-order valence-electron chi connectivity index (χ0n) is 10.7. The molecule has 1 aromatic rings. The van der Waals surface area contributed by atoms with Gasteiger partial charge in [-0.25, -0.2) is 13.4 Å². The zero-order chi connectivity index (χ0) is 12.9. The molecule has 5 nitrogen and oxygen atoms in total. The fraction of sp³-hybridized carbons (Fsp3) is 0.727. The van der Waals surface area contributed by atoms with Gasteiger partial charge in [-0.05, 0) is 19.9 Å². The van der Waals surface area contributed by atoms with Crippen molar-refractivity contribution in [2.24, 2.45) is 0 Å². The van der Waals surface area contributed by atoms with Gasteiger partial charge in [0, 0.05) is 25.2 Å². The van der Waals surface area contributed by atoms with Crippen LogP contribution in [0.15, 0.2) is 12.4 Å². The van der Waals surface area contributed by atoms with Gasteiger partial charge in [0.25, 0.3) is 0 Å². The Hall–Kier alpha value is -0.880. The topological polar surface area (TPSA) is 64.0 Å². The van der Waals surface area contributed by atoms with E-state index in [1.807, 2.05) is 17.7 Å². The molecular formula is C11H21N3O2S. The standard InChI is InChI=1S/C11H21N3O2S/c1-4-6-12-10(9-17(3,15)16)11-13-7-8-14(11)5-2/h7-8,10,12H,4-6,9H2,1-3H3. The smallest absolute Gasteiger partial charge is 0.149 e. The van der Waals surface area contributed by atoms with Crippen molar-refractivity contribution in [2.75, 3.05) is 18.6 Å². The Balaban J connectivity index is 2.89. The average Bonchev–Trinajstić information content (AvgIpc) is 2.70. The van der Waals surface area contributed by atoms with Crippen LogP contribution in [-0.2, 0) is 16.4 Å². The lowest BCUT2D eigenvalue weighted by atomic mass is 10.3. The van der Waals surface area contributed by atoms with Gasteiger partial charge in [-0.2, -0.15) is 0 Å². The third-order valence-corrected chi connectivity index (χ3v) is 3.45. The summed E-state index contributed by atoms with van der Waals surface area (Å²) in [4.78, 5) is 4.26. The lowest BCUT2D eigenvalue weighted by Crippen LogP contribution is -2.30. The number of aryl methyl sites for hydroxylation is 1. The molecule has 17 heavy (non-hydrogen) atoms. The van der Waals surface area contributed by atoms with Crippen molar-refractivity contribution >= 4 is 9.84 Å². The van der Waals surface area contributed by atoms with Gasteiger partial charge in [-0.3, -0.25) is 0 Å². The monoisotopic (exact) mass is 259 g/mol. The van der Waals surface area contributed by atoms with Gasteiger partial charge in [0.1, 0.15) is 15.7 Å². The van der Waals surface area contributed by atoms with Gasteiger partial charge < -0.3 is 9.88 Å². The second kappa shape index (κ2) is 6.16. The molecular weight excluding hydrogens is 238 g/mol. The van der Waals surface area contributed by atoms with Crippen molar-refractivity contribution in [3.63, 3.8) is 0 Å². The number of nitrogens with one attached hydrogen (secondary N) is 1. The molecule has 0 fully saturated rings. The minimum absolute atomic E-state index is 0.0873. The molecule has 0 bridgehead atoms. The van der Waals surface area contributed by atoms with E-state index in [1.54, 1.807) is 6.20 Å². The predicted octanol–water partition coefficient (Wildman–Crippen LogP) is 0.988. The summed E-state index contributed by atoms with van der Waals surface area (Å²) in [6.07, 6.45) is 5.81. The zero-order valence-corrected chi connectivity index (χ0v) is 11.5. The first-order valence-corrected chi connectivity index (χ1v) is 7.96. The van der Waals surface area contributed by atoms with Crippen molar-refractivity contribution in [3.05, 3.63) is 18.2 Å². The quantitative estimate of drug-likeness (QED) is 0.793. The highest BCUT2D eigenvalue weighted by atomic mass is 32.2. The molecule has 1 atom stereocenters. The van der Waals surface area contributed by atoms with E-state index in [9.17, 15) is 8.42 Å². The third kappa shape index (κ3) is 4.47. The Bertz CT molecular complexity index is 439.